The van der Waals surface area contributed by atoms with Crippen LogP contribution in [0.2, 0.25) is 0 Å². The summed E-state index contributed by atoms with van der Waals surface area (Å²) in [6, 6.07) is 4.38. The highest BCUT2D eigenvalue weighted by molar-refractivity contribution is 5.17. The van der Waals surface area contributed by atoms with E-state index in [4.69, 9.17) is 4.74 Å². The first kappa shape index (κ1) is 13.7. The minimum Gasteiger partial charge on any atom is -0.360 e. The van der Waals surface area contributed by atoms with Crippen LogP contribution in [0.25, 0.3) is 0 Å². The van der Waals surface area contributed by atoms with Gasteiger partial charge in [0.1, 0.15) is 0 Å². The number of ether oxygens (including phenoxy) is 1. The molecule has 0 fully saturated rings. The van der Waals surface area contributed by atoms with Crippen LogP contribution < -0.4 is 0 Å². The van der Waals surface area contributed by atoms with Crippen LogP contribution in [0.1, 0.15) is 19.0 Å². The Kier molecular flexibility index (Phi) is 4.28. The molecule has 0 bridgehead atoms. The van der Waals surface area contributed by atoms with E-state index in [-0.39, 0.29) is 18.7 Å². The van der Waals surface area contributed by atoms with Crippen LogP contribution in [0, 0.1) is 0 Å². The van der Waals surface area contributed by atoms with Crippen molar-refractivity contribution in [2.75, 3.05) is 6.61 Å². The molecule has 17 heavy (non-hydrogen) atoms. The summed E-state index contributed by atoms with van der Waals surface area (Å²) >= 11 is 0. The zero-order valence-corrected chi connectivity index (χ0v) is 9.50. The first-order chi connectivity index (χ1) is 7.98. The molecule has 1 atom stereocenters. The molecule has 1 aromatic rings. The Labute approximate surface area is 98.1 Å². The molecule has 0 aliphatic heterocycles. The predicted molar refractivity (Wildman–Crippen MR) is 58.4 cm³/mol. The number of alkyl halides is 3. The summed E-state index contributed by atoms with van der Waals surface area (Å²) in [5.74, 6) is 0. The molecule has 1 heterocycles. The molecule has 1 unspecified atom stereocenters. The number of hydrogen-bond donors (Lipinski definition) is 0. The van der Waals surface area contributed by atoms with Crippen LogP contribution in [-0.2, 0) is 10.3 Å². The van der Waals surface area contributed by atoms with Gasteiger partial charge in [0.2, 0.25) is 5.60 Å². The molecule has 0 amide bonds. The van der Waals surface area contributed by atoms with E-state index in [2.05, 4.69) is 11.6 Å². The topological polar surface area (TPSA) is 22.1 Å². The molecule has 0 saturated carbocycles. The highest BCUT2D eigenvalue weighted by Gasteiger charge is 2.57. The van der Waals surface area contributed by atoms with Crippen molar-refractivity contribution in [2.45, 2.75) is 25.1 Å². The van der Waals surface area contributed by atoms with Crippen LogP contribution >= 0.6 is 0 Å². The first-order valence-corrected chi connectivity index (χ1v) is 5.21. The smallest absolute Gasteiger partial charge is 0.360 e. The van der Waals surface area contributed by atoms with E-state index in [0.717, 1.165) is 0 Å². The lowest BCUT2D eigenvalue weighted by Gasteiger charge is -2.34. The number of halogens is 3. The molecular formula is C12H14F3NO. The fourth-order valence-corrected chi connectivity index (χ4v) is 1.63. The van der Waals surface area contributed by atoms with E-state index < -0.39 is 11.8 Å². The van der Waals surface area contributed by atoms with Gasteiger partial charge in [-0.2, -0.15) is 13.2 Å². The second-order valence-electron chi connectivity index (χ2n) is 3.47. The molecule has 0 N–H and O–H groups in total. The Bertz CT molecular complexity index is 364. The zero-order valence-electron chi connectivity index (χ0n) is 9.50. The van der Waals surface area contributed by atoms with Crippen molar-refractivity contribution in [3.8, 4) is 0 Å². The van der Waals surface area contributed by atoms with Crippen molar-refractivity contribution in [3.63, 3.8) is 0 Å². The number of nitrogens with zero attached hydrogens (tertiary/aromatic N) is 1. The molecule has 2 nitrogen and oxygen atoms in total. The molecule has 5 heteroatoms. The van der Waals surface area contributed by atoms with Crippen molar-refractivity contribution in [1.82, 2.24) is 4.98 Å². The average molecular weight is 245 g/mol. The Balaban J connectivity index is 3.29. The minimum atomic E-state index is -4.54. The second kappa shape index (κ2) is 5.31. The standard InChI is InChI=1S/C12H14F3NO/c1-3-8-11(17-4-2,12(13,14)15)10-7-5-6-9-16-10/h3,5-7,9H,1,4,8H2,2H3. The lowest BCUT2D eigenvalue weighted by atomic mass is 9.93. The van der Waals surface area contributed by atoms with Gasteiger partial charge in [0.25, 0.3) is 0 Å². The van der Waals surface area contributed by atoms with Gasteiger partial charge >= 0.3 is 6.18 Å². The number of hydrogen-bond acceptors (Lipinski definition) is 2. The molecule has 0 spiro atoms. The van der Waals surface area contributed by atoms with Crippen LogP contribution in [-0.4, -0.2) is 17.8 Å². The summed E-state index contributed by atoms with van der Waals surface area (Å²) in [5, 5.41) is 0. The highest BCUT2D eigenvalue weighted by atomic mass is 19.4. The Hall–Kier alpha value is -1.36. The van der Waals surface area contributed by atoms with Gasteiger partial charge in [-0.05, 0) is 19.1 Å². The Morgan fingerprint density at radius 2 is 2.12 bits per heavy atom. The summed E-state index contributed by atoms with van der Waals surface area (Å²) in [6.07, 6.45) is -2.39. The van der Waals surface area contributed by atoms with Gasteiger partial charge in [0.15, 0.2) is 0 Å². The van der Waals surface area contributed by atoms with Gasteiger partial charge in [-0.1, -0.05) is 12.1 Å². The van der Waals surface area contributed by atoms with E-state index in [1.807, 2.05) is 0 Å². The number of aromatic nitrogens is 1. The number of pyridine rings is 1. The van der Waals surface area contributed by atoms with E-state index in [1.54, 1.807) is 6.07 Å². The average Bonchev–Trinajstić information content (AvgIpc) is 2.28. The molecule has 0 aliphatic rings. The van der Waals surface area contributed by atoms with Crippen molar-refractivity contribution >= 4 is 0 Å². The fourth-order valence-electron chi connectivity index (χ4n) is 1.63. The maximum absolute atomic E-state index is 13.2. The van der Waals surface area contributed by atoms with Gasteiger partial charge < -0.3 is 4.74 Å². The van der Waals surface area contributed by atoms with Crippen molar-refractivity contribution in [3.05, 3.63) is 42.7 Å². The summed E-state index contributed by atoms with van der Waals surface area (Å²) < 4.78 is 44.6. The van der Waals surface area contributed by atoms with Gasteiger partial charge in [-0.25, -0.2) is 0 Å². The number of rotatable bonds is 5. The summed E-state index contributed by atoms with van der Waals surface area (Å²) in [7, 11) is 0. The molecule has 0 radical (unpaired) electrons. The largest absolute Gasteiger partial charge is 0.423 e. The third-order valence-corrected chi connectivity index (χ3v) is 2.36. The maximum Gasteiger partial charge on any atom is 0.423 e. The summed E-state index contributed by atoms with van der Waals surface area (Å²) in [5.41, 5.74) is -2.54. The van der Waals surface area contributed by atoms with Crippen LogP contribution in [0.5, 0.6) is 0 Å². The monoisotopic (exact) mass is 245 g/mol. The quantitative estimate of drug-likeness (QED) is 0.741. The van der Waals surface area contributed by atoms with E-state index in [1.165, 1.54) is 31.3 Å². The van der Waals surface area contributed by atoms with Crippen LogP contribution in [0.4, 0.5) is 13.2 Å². The lowest BCUT2D eigenvalue weighted by molar-refractivity contribution is -0.284. The molecule has 0 saturated heterocycles. The van der Waals surface area contributed by atoms with Gasteiger partial charge in [0.05, 0.1) is 5.69 Å². The van der Waals surface area contributed by atoms with E-state index in [9.17, 15) is 13.2 Å². The first-order valence-electron chi connectivity index (χ1n) is 5.21. The Morgan fingerprint density at radius 1 is 1.41 bits per heavy atom. The van der Waals surface area contributed by atoms with Crippen LogP contribution in [0.15, 0.2) is 37.1 Å². The van der Waals surface area contributed by atoms with E-state index in [0.29, 0.717) is 0 Å². The predicted octanol–water partition coefficient (Wildman–Crippen LogP) is 3.45. The lowest BCUT2D eigenvalue weighted by Crippen LogP contribution is -2.45. The summed E-state index contributed by atoms with van der Waals surface area (Å²) in [4.78, 5) is 3.76. The second-order valence-corrected chi connectivity index (χ2v) is 3.47. The maximum atomic E-state index is 13.2. The SMILES string of the molecule is C=CCC(OCC)(c1ccccn1)C(F)(F)F. The molecule has 1 rings (SSSR count). The normalized spacial score (nSPS) is 15.3. The van der Waals surface area contributed by atoms with Crippen molar-refractivity contribution < 1.29 is 17.9 Å². The zero-order chi connectivity index (χ0) is 12.9. The van der Waals surface area contributed by atoms with Crippen LogP contribution in [0.3, 0.4) is 0 Å². The van der Waals surface area contributed by atoms with Crippen molar-refractivity contribution in [2.24, 2.45) is 0 Å². The minimum absolute atomic E-state index is 0.0517. The third kappa shape index (κ3) is 2.66. The highest BCUT2D eigenvalue weighted by Crippen LogP contribution is 2.44. The molecular weight excluding hydrogens is 231 g/mol. The molecule has 94 valence electrons. The van der Waals surface area contributed by atoms with Gasteiger partial charge in [-0.3, -0.25) is 4.98 Å². The fraction of sp³-hybridized carbons (Fsp3) is 0.417. The Morgan fingerprint density at radius 3 is 2.53 bits per heavy atom. The third-order valence-electron chi connectivity index (χ3n) is 2.36. The van der Waals surface area contributed by atoms with Gasteiger partial charge in [0, 0.05) is 19.2 Å². The van der Waals surface area contributed by atoms with E-state index >= 15 is 0 Å². The summed E-state index contributed by atoms with van der Waals surface area (Å²) in [6.45, 7) is 4.83. The van der Waals surface area contributed by atoms with Gasteiger partial charge in [-0.15, -0.1) is 6.58 Å². The molecule has 0 aromatic carbocycles. The molecule has 1 aromatic heterocycles. The molecule has 0 aliphatic carbocycles. The van der Waals surface area contributed by atoms with Crippen molar-refractivity contribution in [1.29, 1.82) is 0 Å².